The third-order valence-corrected chi connectivity index (χ3v) is 7.72. The zero-order valence-corrected chi connectivity index (χ0v) is 21.6. The van der Waals surface area contributed by atoms with Crippen molar-refractivity contribution in [1.82, 2.24) is 25.1 Å². The minimum absolute atomic E-state index is 0.0719. The molecule has 8 nitrogen and oxygen atoms in total. The fourth-order valence-corrected chi connectivity index (χ4v) is 5.73. The van der Waals surface area contributed by atoms with E-state index < -0.39 is 5.54 Å². The molecule has 0 radical (unpaired) electrons. The molecule has 0 aliphatic carbocycles. The van der Waals surface area contributed by atoms with Gasteiger partial charge in [-0.25, -0.2) is 14.8 Å². The zero-order chi connectivity index (χ0) is 24.7. The number of nitrogens with zero attached hydrogens (tertiary/aromatic N) is 5. The Labute approximate surface area is 209 Å². The maximum Gasteiger partial charge on any atom is 0.318 e. The Balaban J connectivity index is 1.35. The van der Waals surface area contributed by atoms with E-state index in [9.17, 15) is 4.79 Å². The lowest BCUT2D eigenvalue weighted by atomic mass is 9.94. The van der Waals surface area contributed by atoms with Crippen molar-refractivity contribution in [1.29, 1.82) is 0 Å². The van der Waals surface area contributed by atoms with E-state index in [2.05, 4.69) is 64.5 Å². The van der Waals surface area contributed by atoms with Crippen LogP contribution in [0, 0.1) is 6.92 Å². The Morgan fingerprint density at radius 2 is 2.00 bits per heavy atom. The summed E-state index contributed by atoms with van der Waals surface area (Å²) in [4.78, 5) is 33.4. The van der Waals surface area contributed by atoms with Gasteiger partial charge in [0, 0.05) is 17.0 Å². The van der Waals surface area contributed by atoms with Gasteiger partial charge in [0.15, 0.2) is 0 Å². The average Bonchev–Trinajstić information content (AvgIpc) is 3.47. The number of aryl methyl sites for hydroxylation is 1. The molecule has 0 saturated carbocycles. The number of nitrogens with one attached hydrogen (secondary N) is 2. The molecule has 0 bridgehead atoms. The molecule has 35 heavy (non-hydrogen) atoms. The summed E-state index contributed by atoms with van der Waals surface area (Å²) < 4.78 is 0. The number of likely N-dealkylation sites (N-methyl/N-ethyl adjacent to an activating group) is 1. The molecular weight excluding hydrogens is 458 g/mol. The molecule has 0 spiro atoms. The molecule has 0 unspecified atom stereocenters. The number of aliphatic imine (C=N–C) groups is 1. The van der Waals surface area contributed by atoms with E-state index in [4.69, 9.17) is 4.99 Å². The molecule has 0 saturated heterocycles. The monoisotopic (exact) mass is 489 g/mol. The smallest absolute Gasteiger partial charge is 0.318 e. The second-order valence-corrected chi connectivity index (χ2v) is 11.1. The van der Waals surface area contributed by atoms with Crippen molar-refractivity contribution in [3.05, 3.63) is 64.3 Å². The molecule has 2 aromatic heterocycles. The number of hydrogen-bond acceptors (Lipinski definition) is 7. The van der Waals surface area contributed by atoms with Crippen molar-refractivity contribution in [2.75, 3.05) is 39.0 Å². The molecule has 5 rings (SSSR count). The van der Waals surface area contributed by atoms with Gasteiger partial charge in [-0.2, -0.15) is 0 Å². The quantitative estimate of drug-likeness (QED) is 0.560. The Kier molecular flexibility index (Phi) is 6.06. The normalized spacial score (nSPS) is 17.7. The number of fused-ring (bicyclic) bond motifs is 1. The van der Waals surface area contributed by atoms with Crippen LogP contribution in [0.2, 0.25) is 0 Å². The predicted molar refractivity (Wildman–Crippen MR) is 142 cm³/mol. The van der Waals surface area contributed by atoms with Crippen LogP contribution in [0.5, 0.6) is 0 Å². The van der Waals surface area contributed by atoms with Gasteiger partial charge in [-0.15, -0.1) is 11.3 Å². The van der Waals surface area contributed by atoms with Crippen LogP contribution in [-0.2, 0) is 0 Å². The summed E-state index contributed by atoms with van der Waals surface area (Å²) in [6, 6.07) is 12.0. The number of urea groups is 1. The van der Waals surface area contributed by atoms with E-state index in [1.807, 2.05) is 37.2 Å². The van der Waals surface area contributed by atoms with Gasteiger partial charge in [-0.3, -0.25) is 4.99 Å². The highest BCUT2D eigenvalue weighted by Gasteiger charge is 2.45. The topological polar surface area (TPSA) is 85.8 Å². The molecule has 2 N–H and O–H groups in total. The third-order valence-electron chi connectivity index (χ3n) is 6.76. The van der Waals surface area contributed by atoms with Crippen molar-refractivity contribution in [3.63, 3.8) is 0 Å². The first-order chi connectivity index (χ1) is 16.7. The average molecular weight is 490 g/mol. The first-order valence-corrected chi connectivity index (χ1v) is 12.6. The minimum atomic E-state index is -0.439. The number of carbonyl (C=O) groups excluding carboxylic acids is 1. The SMILES string of the molecule is Cc1cc2c(NC3=NCC4=C3CN(C(=O)N[C@H](CN(C)C)c3ccccc3)C4(C)C)ncnc2s1. The van der Waals surface area contributed by atoms with E-state index in [0.717, 1.165) is 39.6 Å². The van der Waals surface area contributed by atoms with E-state index in [1.165, 1.54) is 10.5 Å². The summed E-state index contributed by atoms with van der Waals surface area (Å²) in [6.07, 6.45) is 1.58. The maximum absolute atomic E-state index is 13.6. The maximum atomic E-state index is 13.6. The molecule has 182 valence electrons. The van der Waals surface area contributed by atoms with Gasteiger partial charge in [0.1, 0.15) is 22.8 Å². The van der Waals surface area contributed by atoms with Crippen LogP contribution in [0.1, 0.15) is 30.3 Å². The van der Waals surface area contributed by atoms with E-state index in [1.54, 1.807) is 17.7 Å². The van der Waals surface area contributed by atoms with Crippen LogP contribution >= 0.6 is 11.3 Å². The molecule has 1 aromatic carbocycles. The van der Waals surface area contributed by atoms with Crippen molar-refractivity contribution in [2.24, 2.45) is 4.99 Å². The number of carbonyl (C=O) groups is 1. The van der Waals surface area contributed by atoms with Gasteiger partial charge >= 0.3 is 6.03 Å². The molecule has 0 fully saturated rings. The van der Waals surface area contributed by atoms with E-state index in [-0.39, 0.29) is 12.1 Å². The van der Waals surface area contributed by atoms with Gasteiger partial charge < -0.3 is 20.4 Å². The van der Waals surface area contributed by atoms with Crippen LogP contribution in [0.4, 0.5) is 10.6 Å². The molecule has 2 amide bonds. The largest absolute Gasteiger partial charge is 0.330 e. The number of aromatic nitrogens is 2. The number of benzene rings is 1. The van der Waals surface area contributed by atoms with Crippen LogP contribution in [0.15, 0.2) is 58.9 Å². The summed E-state index contributed by atoms with van der Waals surface area (Å²) in [5.41, 5.74) is 2.90. The number of amidine groups is 1. The van der Waals surface area contributed by atoms with Crippen molar-refractivity contribution in [2.45, 2.75) is 32.4 Å². The van der Waals surface area contributed by atoms with Gasteiger partial charge in [-0.05, 0) is 52.1 Å². The number of rotatable bonds is 5. The Hall–Kier alpha value is -3.30. The molecule has 3 aromatic rings. The molecular formula is C26H31N7OS. The summed E-state index contributed by atoms with van der Waals surface area (Å²) in [5.74, 6) is 1.54. The third kappa shape index (κ3) is 4.41. The highest BCUT2D eigenvalue weighted by Crippen LogP contribution is 2.39. The Morgan fingerprint density at radius 3 is 2.74 bits per heavy atom. The zero-order valence-electron chi connectivity index (χ0n) is 20.8. The van der Waals surface area contributed by atoms with E-state index >= 15 is 0 Å². The highest BCUT2D eigenvalue weighted by molar-refractivity contribution is 7.18. The minimum Gasteiger partial charge on any atom is -0.330 e. The first kappa shape index (κ1) is 23.4. The summed E-state index contributed by atoms with van der Waals surface area (Å²) in [6.45, 7) is 8.06. The fourth-order valence-electron chi connectivity index (χ4n) is 4.88. The number of thiophene rings is 1. The van der Waals surface area contributed by atoms with Crippen LogP contribution < -0.4 is 10.6 Å². The number of amides is 2. The standard InChI is InChI=1S/C26H31N7OS/c1-16-11-18-22(28-15-29-24(18)35-16)31-23-19-13-33(26(2,3)20(19)12-27-23)25(34)30-21(14-32(4)5)17-9-7-6-8-10-17/h6-11,15,21H,12-14H2,1-5H3,(H,30,34)(H,27,28,29,31)/t21-/m1/s1. The van der Waals surface area contributed by atoms with Gasteiger partial charge in [-0.1, -0.05) is 30.3 Å². The Morgan fingerprint density at radius 1 is 1.23 bits per heavy atom. The lowest BCUT2D eigenvalue weighted by Crippen LogP contribution is -2.52. The van der Waals surface area contributed by atoms with Crippen LogP contribution in [-0.4, -0.2) is 70.9 Å². The summed E-state index contributed by atoms with van der Waals surface area (Å²) in [5, 5.41) is 7.72. The molecule has 9 heteroatoms. The van der Waals surface area contributed by atoms with Gasteiger partial charge in [0.25, 0.3) is 0 Å². The van der Waals surface area contributed by atoms with Crippen molar-refractivity contribution in [3.8, 4) is 0 Å². The summed E-state index contributed by atoms with van der Waals surface area (Å²) >= 11 is 1.65. The van der Waals surface area contributed by atoms with E-state index in [0.29, 0.717) is 13.1 Å². The van der Waals surface area contributed by atoms with Crippen LogP contribution in [0.3, 0.4) is 0 Å². The number of anilines is 1. The highest BCUT2D eigenvalue weighted by atomic mass is 32.1. The number of hydrogen-bond donors (Lipinski definition) is 2. The summed E-state index contributed by atoms with van der Waals surface area (Å²) in [7, 11) is 4.04. The molecule has 2 aliphatic rings. The first-order valence-electron chi connectivity index (χ1n) is 11.8. The van der Waals surface area contributed by atoms with Crippen LogP contribution in [0.25, 0.3) is 10.2 Å². The fraction of sp³-hybridized carbons (Fsp3) is 0.385. The lowest BCUT2D eigenvalue weighted by Gasteiger charge is -2.36. The second kappa shape index (κ2) is 9.05. The van der Waals surface area contributed by atoms with Crippen molar-refractivity contribution < 1.29 is 4.79 Å². The second-order valence-electron chi connectivity index (χ2n) is 9.87. The molecule has 1 atom stereocenters. The Bertz CT molecular complexity index is 1330. The molecule has 4 heterocycles. The molecule has 2 aliphatic heterocycles. The van der Waals surface area contributed by atoms with Gasteiger partial charge in [0.2, 0.25) is 0 Å². The van der Waals surface area contributed by atoms with Gasteiger partial charge in [0.05, 0.1) is 30.1 Å². The van der Waals surface area contributed by atoms with Crippen molar-refractivity contribution >= 4 is 39.2 Å². The lowest BCUT2D eigenvalue weighted by molar-refractivity contribution is 0.165. The predicted octanol–water partition coefficient (Wildman–Crippen LogP) is 4.23.